The summed E-state index contributed by atoms with van der Waals surface area (Å²) in [6.45, 7) is 1.65. The van der Waals surface area contributed by atoms with Gasteiger partial charge in [0.25, 0.3) is 5.91 Å². The number of nitrogens with one attached hydrogen (secondary N) is 1. The largest absolute Gasteiger partial charge is 0.355 e. The maximum absolute atomic E-state index is 12.7. The van der Waals surface area contributed by atoms with Crippen molar-refractivity contribution in [2.45, 2.75) is 19.3 Å². The minimum atomic E-state index is 0.0259. The number of pyridine rings is 2. The molecule has 2 aromatic carbocycles. The first-order chi connectivity index (χ1) is 16.7. The Bertz CT molecular complexity index is 1490. The van der Waals surface area contributed by atoms with Gasteiger partial charge in [-0.25, -0.2) is 4.98 Å². The fourth-order valence-electron chi connectivity index (χ4n) is 4.48. The molecule has 4 heterocycles. The summed E-state index contributed by atoms with van der Waals surface area (Å²) in [6.07, 6.45) is 6.94. The monoisotopic (exact) mass is 465 g/mol. The second-order valence-corrected chi connectivity index (χ2v) is 9.42. The number of hydrogen-bond acceptors (Lipinski definition) is 6. The van der Waals surface area contributed by atoms with E-state index in [2.05, 4.69) is 56.7 Å². The summed E-state index contributed by atoms with van der Waals surface area (Å²) in [5.41, 5.74) is 8.23. The van der Waals surface area contributed by atoms with Crippen LogP contribution in [0.5, 0.6) is 0 Å². The number of aromatic nitrogens is 3. The first-order valence-electron chi connectivity index (χ1n) is 11.5. The van der Waals surface area contributed by atoms with Gasteiger partial charge in [-0.05, 0) is 61.2 Å². The molecule has 1 aliphatic heterocycles. The van der Waals surface area contributed by atoms with Crippen LogP contribution in [-0.4, -0.2) is 38.8 Å². The molecule has 0 saturated carbocycles. The van der Waals surface area contributed by atoms with Crippen molar-refractivity contribution in [1.29, 1.82) is 0 Å². The second-order valence-electron chi connectivity index (χ2n) is 8.54. The molecule has 1 N–H and O–H groups in total. The van der Waals surface area contributed by atoms with E-state index < -0.39 is 0 Å². The van der Waals surface area contributed by atoms with E-state index in [1.165, 1.54) is 11.1 Å². The first kappa shape index (κ1) is 20.7. The van der Waals surface area contributed by atoms with Gasteiger partial charge in [0, 0.05) is 47.8 Å². The van der Waals surface area contributed by atoms with E-state index in [1.54, 1.807) is 17.5 Å². The Balaban J connectivity index is 1.26. The number of carbonyl (C=O) groups is 1. The smallest absolute Gasteiger partial charge is 0.272 e. The normalized spacial score (nSPS) is 13.9. The van der Waals surface area contributed by atoms with Crippen LogP contribution in [0.2, 0.25) is 0 Å². The van der Waals surface area contributed by atoms with Gasteiger partial charge >= 0.3 is 0 Å². The predicted octanol–water partition coefficient (Wildman–Crippen LogP) is 6.28. The molecule has 0 radical (unpaired) electrons. The molecule has 0 aliphatic carbocycles. The number of rotatable bonds is 4. The number of likely N-dealkylation sites (tertiary alicyclic amines) is 1. The lowest BCUT2D eigenvalue weighted by Crippen LogP contribution is -2.36. The molecular formula is C27H23N5OS. The zero-order valence-corrected chi connectivity index (χ0v) is 19.4. The van der Waals surface area contributed by atoms with Crippen LogP contribution in [-0.2, 0) is 0 Å². The highest BCUT2D eigenvalue weighted by molar-refractivity contribution is 7.16. The molecule has 7 heteroatoms. The maximum atomic E-state index is 12.7. The van der Waals surface area contributed by atoms with Gasteiger partial charge in [0.1, 0.15) is 5.69 Å². The van der Waals surface area contributed by atoms with Crippen molar-refractivity contribution >= 4 is 49.7 Å². The van der Waals surface area contributed by atoms with Crippen LogP contribution in [0.3, 0.4) is 0 Å². The second kappa shape index (κ2) is 8.83. The molecule has 1 amide bonds. The molecule has 6 nitrogen and oxygen atoms in total. The molecule has 5 aromatic rings. The van der Waals surface area contributed by atoms with Crippen molar-refractivity contribution in [3.05, 3.63) is 78.2 Å². The quantitative estimate of drug-likeness (QED) is 0.338. The van der Waals surface area contributed by atoms with Gasteiger partial charge < -0.3 is 10.2 Å². The van der Waals surface area contributed by atoms with Crippen LogP contribution in [0.1, 0.15) is 29.8 Å². The van der Waals surface area contributed by atoms with Gasteiger partial charge in [-0.3, -0.25) is 14.8 Å². The van der Waals surface area contributed by atoms with Crippen LogP contribution >= 0.6 is 11.3 Å². The Morgan fingerprint density at radius 2 is 1.74 bits per heavy atom. The number of benzene rings is 2. The van der Waals surface area contributed by atoms with Gasteiger partial charge in [0.05, 0.1) is 21.2 Å². The van der Waals surface area contributed by atoms with Crippen molar-refractivity contribution in [1.82, 2.24) is 19.9 Å². The summed E-state index contributed by atoms with van der Waals surface area (Å²) in [7, 11) is 0. The number of anilines is 2. The summed E-state index contributed by atoms with van der Waals surface area (Å²) in [6, 6.07) is 18.2. The summed E-state index contributed by atoms with van der Waals surface area (Å²) >= 11 is 1.64. The third-order valence-corrected chi connectivity index (χ3v) is 7.12. The molecule has 34 heavy (non-hydrogen) atoms. The lowest BCUT2D eigenvalue weighted by atomic mass is 10.0. The van der Waals surface area contributed by atoms with Gasteiger partial charge in [-0.1, -0.05) is 18.2 Å². The molecule has 6 rings (SSSR count). The summed E-state index contributed by atoms with van der Waals surface area (Å²) < 4.78 is 1.17. The van der Waals surface area contributed by atoms with Crippen LogP contribution in [0.15, 0.2) is 72.5 Å². The van der Waals surface area contributed by atoms with E-state index >= 15 is 0 Å². The van der Waals surface area contributed by atoms with Crippen molar-refractivity contribution in [3.63, 3.8) is 0 Å². The van der Waals surface area contributed by atoms with Gasteiger partial charge in [0.2, 0.25) is 0 Å². The third kappa shape index (κ3) is 3.99. The maximum Gasteiger partial charge on any atom is 0.272 e. The van der Waals surface area contributed by atoms with E-state index in [0.29, 0.717) is 5.69 Å². The molecule has 3 aromatic heterocycles. The molecule has 1 saturated heterocycles. The van der Waals surface area contributed by atoms with Crippen molar-refractivity contribution in [2.75, 3.05) is 18.4 Å². The van der Waals surface area contributed by atoms with E-state index in [9.17, 15) is 4.79 Å². The fraction of sp³-hybridized carbons (Fsp3) is 0.185. The van der Waals surface area contributed by atoms with Crippen LogP contribution in [0, 0.1) is 0 Å². The molecule has 168 valence electrons. The van der Waals surface area contributed by atoms with E-state index in [-0.39, 0.29) is 5.91 Å². The molecule has 1 fully saturated rings. The van der Waals surface area contributed by atoms with Gasteiger partial charge in [0.15, 0.2) is 0 Å². The van der Waals surface area contributed by atoms with E-state index in [0.717, 1.165) is 64.9 Å². The molecule has 0 unspecified atom stereocenters. The number of nitrogens with zero attached hydrogens (tertiary/aromatic N) is 4. The van der Waals surface area contributed by atoms with Gasteiger partial charge in [-0.2, -0.15) is 0 Å². The number of amides is 1. The minimum absolute atomic E-state index is 0.0259. The number of piperidine rings is 1. The Labute approximate surface area is 201 Å². The topological polar surface area (TPSA) is 71.0 Å². The lowest BCUT2D eigenvalue weighted by molar-refractivity contribution is 0.0718. The Morgan fingerprint density at radius 1 is 0.853 bits per heavy atom. The molecule has 0 bridgehead atoms. The zero-order chi connectivity index (χ0) is 22.9. The Kier molecular flexibility index (Phi) is 5.39. The van der Waals surface area contributed by atoms with Crippen LogP contribution < -0.4 is 5.32 Å². The Morgan fingerprint density at radius 3 is 2.59 bits per heavy atom. The fourth-order valence-corrected chi connectivity index (χ4v) is 5.14. The highest BCUT2D eigenvalue weighted by atomic mass is 32.1. The average molecular weight is 466 g/mol. The SMILES string of the molecule is O=C(c1ccc(-c2ccc3c(Nc4ccc5scnc5c4)ccnc3c2)cn1)N1CCCCC1. The Hall–Kier alpha value is -3.84. The summed E-state index contributed by atoms with van der Waals surface area (Å²) in [4.78, 5) is 28.1. The van der Waals surface area contributed by atoms with E-state index in [4.69, 9.17) is 0 Å². The van der Waals surface area contributed by atoms with Crippen molar-refractivity contribution < 1.29 is 4.79 Å². The van der Waals surface area contributed by atoms with Gasteiger partial charge in [-0.15, -0.1) is 11.3 Å². The summed E-state index contributed by atoms with van der Waals surface area (Å²) in [5, 5.41) is 4.55. The third-order valence-electron chi connectivity index (χ3n) is 6.31. The molecular weight excluding hydrogens is 442 g/mol. The highest BCUT2D eigenvalue weighted by Gasteiger charge is 2.19. The number of thiazole rings is 1. The summed E-state index contributed by atoms with van der Waals surface area (Å²) in [5.74, 6) is 0.0259. The number of fused-ring (bicyclic) bond motifs is 2. The van der Waals surface area contributed by atoms with Crippen molar-refractivity contribution in [3.8, 4) is 11.1 Å². The molecule has 0 spiro atoms. The molecule has 1 aliphatic rings. The highest BCUT2D eigenvalue weighted by Crippen LogP contribution is 2.30. The first-order valence-corrected chi connectivity index (χ1v) is 12.4. The average Bonchev–Trinajstić information content (AvgIpc) is 3.37. The van der Waals surface area contributed by atoms with Crippen LogP contribution in [0.25, 0.3) is 32.2 Å². The van der Waals surface area contributed by atoms with Crippen LogP contribution in [0.4, 0.5) is 11.4 Å². The standard InChI is InChI=1S/C27H23N5OS/c33-27(32-12-2-1-3-13-32)23-8-5-19(16-29-23)18-4-7-21-22(10-11-28-24(21)14-18)31-20-6-9-26-25(15-20)30-17-34-26/h4-11,14-17H,1-3,12-13H2,(H,28,31). The molecule has 0 atom stereocenters. The van der Waals surface area contributed by atoms with E-state index in [1.807, 2.05) is 34.8 Å². The number of carbonyl (C=O) groups excluding carboxylic acids is 1. The lowest BCUT2D eigenvalue weighted by Gasteiger charge is -2.26. The number of hydrogen-bond donors (Lipinski definition) is 1. The predicted molar refractivity (Wildman–Crippen MR) is 138 cm³/mol. The minimum Gasteiger partial charge on any atom is -0.355 e. The van der Waals surface area contributed by atoms with Crippen molar-refractivity contribution in [2.24, 2.45) is 0 Å². The zero-order valence-electron chi connectivity index (χ0n) is 18.6.